The molecule has 0 radical (unpaired) electrons. The van der Waals surface area contributed by atoms with Gasteiger partial charge in [-0.05, 0) is 37.8 Å². The minimum absolute atomic E-state index is 0.0801. The van der Waals surface area contributed by atoms with Gasteiger partial charge in [-0.15, -0.1) is 0 Å². The Morgan fingerprint density at radius 2 is 1.89 bits per heavy atom. The zero-order chi connectivity index (χ0) is 14.3. The van der Waals surface area contributed by atoms with Gasteiger partial charge in [-0.3, -0.25) is 0 Å². The Morgan fingerprint density at radius 3 is 2.42 bits per heavy atom. The van der Waals surface area contributed by atoms with E-state index in [9.17, 15) is 8.78 Å². The van der Waals surface area contributed by atoms with Crippen LogP contribution in [0.15, 0.2) is 0 Å². The molecule has 0 saturated carbocycles. The van der Waals surface area contributed by atoms with E-state index in [2.05, 4.69) is 19.2 Å². The van der Waals surface area contributed by atoms with Crippen molar-refractivity contribution in [1.82, 2.24) is 10.2 Å². The molecule has 0 aromatic carbocycles. The molecular weight excluding hydrogens is 250 g/mol. The molecule has 0 aromatic heterocycles. The average molecular weight is 278 g/mol. The lowest BCUT2D eigenvalue weighted by atomic mass is 9.79. The maximum Gasteiger partial charge on any atom is 0.251 e. The van der Waals surface area contributed by atoms with Crippen LogP contribution in [0, 0.1) is 11.3 Å². The average Bonchev–Trinajstić information content (AvgIpc) is 2.28. The summed E-state index contributed by atoms with van der Waals surface area (Å²) in [5.74, 6) is 0.607. The van der Waals surface area contributed by atoms with E-state index < -0.39 is 6.43 Å². The van der Waals surface area contributed by atoms with Crippen molar-refractivity contribution in [1.29, 1.82) is 0 Å². The van der Waals surface area contributed by atoms with Crippen LogP contribution in [0.3, 0.4) is 0 Å². The van der Waals surface area contributed by atoms with Crippen molar-refractivity contribution in [3.05, 3.63) is 0 Å². The summed E-state index contributed by atoms with van der Waals surface area (Å²) in [4.78, 5) is 1.76. The number of alkyl halides is 2. The third-order valence-electron chi connectivity index (χ3n) is 3.66. The molecule has 1 heterocycles. The number of ether oxygens (including phenoxy) is 1. The van der Waals surface area contributed by atoms with Crippen LogP contribution in [0.2, 0.25) is 0 Å². The lowest BCUT2D eigenvalue weighted by Gasteiger charge is -2.40. The number of rotatable bonds is 8. The summed E-state index contributed by atoms with van der Waals surface area (Å²) in [5, 5.41) is 3.48. The molecule has 0 aromatic rings. The first-order valence-electron chi connectivity index (χ1n) is 7.19. The molecule has 0 spiro atoms. The zero-order valence-electron chi connectivity index (χ0n) is 12.4. The van der Waals surface area contributed by atoms with Gasteiger partial charge in [0, 0.05) is 26.3 Å². The van der Waals surface area contributed by atoms with E-state index in [4.69, 9.17) is 4.74 Å². The highest BCUT2D eigenvalue weighted by atomic mass is 19.3. The molecule has 1 aliphatic rings. The zero-order valence-corrected chi connectivity index (χ0v) is 12.4. The lowest BCUT2D eigenvalue weighted by Crippen LogP contribution is -2.47. The Labute approximate surface area is 115 Å². The Balaban J connectivity index is 2.49. The third-order valence-corrected chi connectivity index (χ3v) is 3.66. The summed E-state index contributed by atoms with van der Waals surface area (Å²) in [6, 6.07) is 0. The molecule has 0 atom stereocenters. The monoisotopic (exact) mass is 278 g/mol. The van der Waals surface area contributed by atoms with E-state index >= 15 is 0 Å². The maximum absolute atomic E-state index is 12.4. The Morgan fingerprint density at radius 1 is 1.26 bits per heavy atom. The molecule has 1 N–H and O–H groups in total. The molecule has 0 unspecified atom stereocenters. The normalized spacial score (nSPS) is 19.6. The maximum atomic E-state index is 12.4. The fraction of sp³-hybridized carbons (Fsp3) is 1.00. The quantitative estimate of drug-likeness (QED) is 0.737. The van der Waals surface area contributed by atoms with Crippen molar-refractivity contribution in [3.8, 4) is 0 Å². The fourth-order valence-electron chi connectivity index (χ4n) is 2.69. The Hall–Kier alpha value is -0.260. The van der Waals surface area contributed by atoms with Crippen LogP contribution in [0.1, 0.15) is 26.7 Å². The number of hydrogen-bond acceptors (Lipinski definition) is 3. The van der Waals surface area contributed by atoms with E-state index in [1.54, 1.807) is 11.9 Å². The van der Waals surface area contributed by atoms with Gasteiger partial charge in [0.25, 0.3) is 6.43 Å². The van der Waals surface area contributed by atoms with Crippen LogP contribution >= 0.6 is 0 Å². The van der Waals surface area contributed by atoms with Gasteiger partial charge < -0.3 is 15.0 Å². The molecule has 19 heavy (non-hydrogen) atoms. The van der Waals surface area contributed by atoms with Crippen LogP contribution in [0.25, 0.3) is 0 Å². The second-order valence-corrected chi connectivity index (χ2v) is 6.22. The Kier molecular flexibility index (Phi) is 7.18. The summed E-state index contributed by atoms with van der Waals surface area (Å²) in [6.45, 7) is 8.26. The summed E-state index contributed by atoms with van der Waals surface area (Å²) in [6.07, 6.45) is -0.359. The van der Waals surface area contributed by atoms with Gasteiger partial charge in [0.1, 0.15) is 0 Å². The van der Waals surface area contributed by atoms with Crippen molar-refractivity contribution in [2.75, 3.05) is 46.4 Å². The van der Waals surface area contributed by atoms with Crippen LogP contribution in [0.4, 0.5) is 8.78 Å². The fourth-order valence-corrected chi connectivity index (χ4v) is 2.69. The van der Waals surface area contributed by atoms with Crippen molar-refractivity contribution >= 4 is 0 Å². The summed E-state index contributed by atoms with van der Waals surface area (Å²) < 4.78 is 30.3. The van der Waals surface area contributed by atoms with Gasteiger partial charge in [0.15, 0.2) is 0 Å². The highest BCUT2D eigenvalue weighted by Gasteiger charge is 2.33. The molecule has 0 amide bonds. The van der Waals surface area contributed by atoms with Gasteiger partial charge in [-0.25, -0.2) is 8.78 Å². The molecule has 1 saturated heterocycles. The van der Waals surface area contributed by atoms with Gasteiger partial charge in [0.2, 0.25) is 0 Å². The predicted octanol–water partition coefficient (Wildman–Crippen LogP) is 2.23. The van der Waals surface area contributed by atoms with Gasteiger partial charge in [-0.1, -0.05) is 13.8 Å². The second-order valence-electron chi connectivity index (χ2n) is 6.22. The SMILES string of the molecule is CC(C)CNCC1(CN(C)CC(F)F)CCOCC1. The molecule has 3 nitrogen and oxygen atoms in total. The molecule has 1 aliphatic heterocycles. The first-order chi connectivity index (χ1) is 8.93. The summed E-state index contributed by atoms with van der Waals surface area (Å²) >= 11 is 0. The van der Waals surface area contributed by atoms with E-state index in [1.807, 2.05) is 0 Å². The van der Waals surface area contributed by atoms with Gasteiger partial charge in [0.05, 0.1) is 6.54 Å². The summed E-state index contributed by atoms with van der Waals surface area (Å²) in [7, 11) is 1.78. The molecule has 0 bridgehead atoms. The first kappa shape index (κ1) is 16.8. The molecule has 5 heteroatoms. The smallest absolute Gasteiger partial charge is 0.251 e. The minimum atomic E-state index is -2.26. The van der Waals surface area contributed by atoms with Gasteiger partial charge in [-0.2, -0.15) is 0 Å². The van der Waals surface area contributed by atoms with E-state index in [0.29, 0.717) is 12.5 Å². The van der Waals surface area contributed by atoms with Crippen molar-refractivity contribution in [3.63, 3.8) is 0 Å². The second kappa shape index (κ2) is 8.12. The molecule has 0 aliphatic carbocycles. The van der Waals surface area contributed by atoms with Gasteiger partial charge >= 0.3 is 0 Å². The summed E-state index contributed by atoms with van der Waals surface area (Å²) in [5.41, 5.74) is 0.0801. The largest absolute Gasteiger partial charge is 0.381 e. The van der Waals surface area contributed by atoms with E-state index in [1.165, 1.54) is 0 Å². The van der Waals surface area contributed by atoms with Crippen molar-refractivity contribution < 1.29 is 13.5 Å². The number of halogens is 2. The van der Waals surface area contributed by atoms with Crippen molar-refractivity contribution in [2.24, 2.45) is 11.3 Å². The highest BCUT2D eigenvalue weighted by molar-refractivity contribution is 4.87. The molecule has 1 fully saturated rings. The molecular formula is C14H28F2N2O. The Bertz CT molecular complexity index is 244. The molecule has 114 valence electrons. The van der Waals surface area contributed by atoms with Crippen LogP contribution in [-0.4, -0.2) is 57.8 Å². The number of nitrogens with zero attached hydrogens (tertiary/aromatic N) is 1. The van der Waals surface area contributed by atoms with Crippen LogP contribution < -0.4 is 5.32 Å². The third kappa shape index (κ3) is 6.63. The first-order valence-corrected chi connectivity index (χ1v) is 7.19. The highest BCUT2D eigenvalue weighted by Crippen LogP contribution is 2.30. The topological polar surface area (TPSA) is 24.5 Å². The predicted molar refractivity (Wildman–Crippen MR) is 73.7 cm³/mol. The lowest BCUT2D eigenvalue weighted by molar-refractivity contribution is -0.00909. The standard InChI is InChI=1S/C14H28F2N2O/c1-12(2)8-17-10-14(4-6-19-7-5-14)11-18(3)9-13(15)16/h12-13,17H,4-11H2,1-3H3. The van der Waals surface area contributed by atoms with E-state index in [0.717, 1.165) is 39.1 Å². The van der Waals surface area contributed by atoms with Crippen LogP contribution in [0.5, 0.6) is 0 Å². The molecule has 1 rings (SSSR count). The number of nitrogens with one attached hydrogen (secondary N) is 1. The minimum Gasteiger partial charge on any atom is -0.381 e. The van der Waals surface area contributed by atoms with Crippen molar-refractivity contribution in [2.45, 2.75) is 33.1 Å². The van der Waals surface area contributed by atoms with E-state index in [-0.39, 0.29) is 12.0 Å². The number of hydrogen-bond donors (Lipinski definition) is 1. The van der Waals surface area contributed by atoms with Crippen LogP contribution in [-0.2, 0) is 4.74 Å².